The second-order valence-corrected chi connectivity index (χ2v) is 6.48. The number of rotatable bonds is 6. The number of nitrogen functional groups attached to an aromatic ring is 1. The Hall–Kier alpha value is -1.12. The fraction of sp³-hybridized carbons (Fsp3) is 0.364. The van der Waals surface area contributed by atoms with E-state index in [0.717, 1.165) is 6.42 Å². The number of hydrogen-bond donors (Lipinski definition) is 3. The molecule has 0 aliphatic carbocycles. The lowest BCUT2D eigenvalue weighted by atomic mass is 10.3. The number of sulfonamides is 1. The standard InChI is InChI=1S/C11H16BrN3O3S/c1-2-5-14-11(16)7-15-19(17,18)8-3-4-9(12)10(13)6-8/h3-4,6,15H,2,5,7,13H2,1H3,(H,14,16). The average molecular weight is 350 g/mol. The molecule has 0 aromatic heterocycles. The van der Waals surface area contributed by atoms with Gasteiger partial charge in [0.05, 0.1) is 11.4 Å². The number of amides is 1. The predicted molar refractivity (Wildman–Crippen MR) is 77.0 cm³/mol. The smallest absolute Gasteiger partial charge is 0.241 e. The molecule has 4 N–H and O–H groups in total. The first kappa shape index (κ1) is 15.9. The summed E-state index contributed by atoms with van der Waals surface area (Å²) >= 11 is 3.18. The highest BCUT2D eigenvalue weighted by Crippen LogP contribution is 2.22. The molecular formula is C11H16BrN3O3S. The third-order valence-corrected chi connectivity index (χ3v) is 4.39. The number of halogens is 1. The molecule has 1 rings (SSSR count). The number of anilines is 1. The minimum absolute atomic E-state index is 0.0245. The van der Waals surface area contributed by atoms with Crippen molar-refractivity contribution in [2.24, 2.45) is 0 Å². The zero-order valence-electron chi connectivity index (χ0n) is 10.4. The molecule has 0 atom stereocenters. The van der Waals surface area contributed by atoms with E-state index in [1.165, 1.54) is 12.1 Å². The fourth-order valence-electron chi connectivity index (χ4n) is 1.26. The van der Waals surface area contributed by atoms with Crippen LogP contribution >= 0.6 is 15.9 Å². The average Bonchev–Trinajstić information content (AvgIpc) is 2.37. The Morgan fingerprint density at radius 2 is 2.11 bits per heavy atom. The van der Waals surface area contributed by atoms with E-state index in [-0.39, 0.29) is 17.3 Å². The van der Waals surface area contributed by atoms with E-state index in [1.54, 1.807) is 6.07 Å². The van der Waals surface area contributed by atoms with Crippen molar-refractivity contribution in [3.8, 4) is 0 Å². The highest BCUT2D eigenvalue weighted by atomic mass is 79.9. The fourth-order valence-corrected chi connectivity index (χ4v) is 2.52. The highest BCUT2D eigenvalue weighted by Gasteiger charge is 2.16. The van der Waals surface area contributed by atoms with Gasteiger partial charge in [0.25, 0.3) is 0 Å². The Kier molecular flexibility index (Phi) is 5.77. The summed E-state index contributed by atoms with van der Waals surface area (Å²) in [4.78, 5) is 11.4. The lowest BCUT2D eigenvalue weighted by molar-refractivity contribution is -0.119. The molecule has 0 spiro atoms. The lowest BCUT2D eigenvalue weighted by Gasteiger charge is -2.08. The molecule has 0 heterocycles. The number of carbonyl (C=O) groups is 1. The van der Waals surface area contributed by atoms with Gasteiger partial charge in [-0.05, 0) is 40.5 Å². The molecule has 0 fully saturated rings. The molecule has 1 aromatic rings. The third-order valence-electron chi connectivity index (χ3n) is 2.27. The van der Waals surface area contributed by atoms with E-state index in [1.807, 2.05) is 6.92 Å². The van der Waals surface area contributed by atoms with Crippen LogP contribution in [0.1, 0.15) is 13.3 Å². The number of nitrogens with one attached hydrogen (secondary N) is 2. The predicted octanol–water partition coefficient (Wildman–Crippen LogP) is 0.836. The molecule has 0 saturated heterocycles. The topological polar surface area (TPSA) is 101 Å². The van der Waals surface area contributed by atoms with Gasteiger partial charge in [-0.2, -0.15) is 0 Å². The van der Waals surface area contributed by atoms with Crippen molar-refractivity contribution < 1.29 is 13.2 Å². The Morgan fingerprint density at radius 3 is 2.68 bits per heavy atom. The summed E-state index contributed by atoms with van der Waals surface area (Å²) in [5.41, 5.74) is 5.94. The molecule has 0 saturated carbocycles. The number of hydrogen-bond acceptors (Lipinski definition) is 4. The second kappa shape index (κ2) is 6.88. The van der Waals surface area contributed by atoms with Crippen LogP contribution in [0.25, 0.3) is 0 Å². The van der Waals surface area contributed by atoms with E-state index >= 15 is 0 Å². The van der Waals surface area contributed by atoms with Gasteiger partial charge in [-0.1, -0.05) is 6.92 Å². The molecule has 6 nitrogen and oxygen atoms in total. The summed E-state index contributed by atoms with van der Waals surface area (Å²) in [6, 6.07) is 4.28. The number of nitrogens with two attached hydrogens (primary N) is 1. The molecule has 19 heavy (non-hydrogen) atoms. The van der Waals surface area contributed by atoms with Crippen molar-refractivity contribution in [1.82, 2.24) is 10.0 Å². The lowest BCUT2D eigenvalue weighted by Crippen LogP contribution is -2.37. The van der Waals surface area contributed by atoms with Crippen LogP contribution in [-0.2, 0) is 14.8 Å². The Morgan fingerprint density at radius 1 is 1.42 bits per heavy atom. The van der Waals surface area contributed by atoms with Crippen LogP contribution in [0.5, 0.6) is 0 Å². The molecular weight excluding hydrogens is 334 g/mol. The van der Waals surface area contributed by atoms with Crippen LogP contribution in [0.2, 0.25) is 0 Å². The van der Waals surface area contributed by atoms with Crippen LogP contribution < -0.4 is 15.8 Å². The maximum absolute atomic E-state index is 11.9. The first-order chi connectivity index (χ1) is 8.86. The quantitative estimate of drug-likeness (QED) is 0.662. The van der Waals surface area contributed by atoms with Crippen molar-refractivity contribution in [2.75, 3.05) is 18.8 Å². The Labute approximate surface area is 120 Å². The van der Waals surface area contributed by atoms with Gasteiger partial charge in [-0.3, -0.25) is 4.79 Å². The summed E-state index contributed by atoms with van der Waals surface area (Å²) in [6.07, 6.45) is 0.793. The third kappa shape index (κ3) is 4.81. The molecule has 1 aromatic carbocycles. The minimum Gasteiger partial charge on any atom is -0.398 e. The van der Waals surface area contributed by atoms with Crippen molar-refractivity contribution in [3.63, 3.8) is 0 Å². The molecule has 1 amide bonds. The highest BCUT2D eigenvalue weighted by molar-refractivity contribution is 9.10. The zero-order chi connectivity index (χ0) is 14.5. The monoisotopic (exact) mass is 349 g/mol. The molecule has 8 heteroatoms. The van der Waals surface area contributed by atoms with Gasteiger partial charge in [-0.25, -0.2) is 13.1 Å². The molecule has 0 aliphatic heterocycles. The van der Waals surface area contributed by atoms with Crippen molar-refractivity contribution in [2.45, 2.75) is 18.2 Å². The Bertz CT molecular complexity index is 560. The van der Waals surface area contributed by atoms with Gasteiger partial charge >= 0.3 is 0 Å². The summed E-state index contributed by atoms with van der Waals surface area (Å²) in [5, 5.41) is 2.58. The maximum atomic E-state index is 11.9. The van der Waals surface area contributed by atoms with Gasteiger partial charge in [0.1, 0.15) is 0 Å². The van der Waals surface area contributed by atoms with Crippen LogP contribution in [0.3, 0.4) is 0 Å². The summed E-state index contributed by atoms with van der Waals surface area (Å²) < 4.78 is 26.7. The van der Waals surface area contributed by atoms with Gasteiger partial charge in [0, 0.05) is 16.7 Å². The van der Waals surface area contributed by atoms with Crippen LogP contribution in [0, 0.1) is 0 Å². The second-order valence-electron chi connectivity index (χ2n) is 3.86. The number of benzene rings is 1. The first-order valence-corrected chi connectivity index (χ1v) is 7.96. The molecule has 0 aliphatic rings. The van der Waals surface area contributed by atoms with Crippen molar-refractivity contribution in [3.05, 3.63) is 22.7 Å². The van der Waals surface area contributed by atoms with E-state index in [9.17, 15) is 13.2 Å². The first-order valence-electron chi connectivity index (χ1n) is 5.68. The van der Waals surface area contributed by atoms with Crippen molar-refractivity contribution >= 4 is 37.5 Å². The van der Waals surface area contributed by atoms with Gasteiger partial charge in [0.2, 0.25) is 15.9 Å². The van der Waals surface area contributed by atoms with Crippen LogP contribution in [-0.4, -0.2) is 27.4 Å². The molecule has 0 radical (unpaired) electrons. The summed E-state index contributed by atoms with van der Waals surface area (Å²) in [5.74, 6) is -0.365. The summed E-state index contributed by atoms with van der Waals surface area (Å²) in [6.45, 7) is 2.14. The SMILES string of the molecule is CCCNC(=O)CNS(=O)(=O)c1ccc(Br)c(N)c1. The minimum atomic E-state index is -3.73. The maximum Gasteiger partial charge on any atom is 0.241 e. The summed E-state index contributed by atoms with van der Waals surface area (Å²) in [7, 11) is -3.73. The molecule has 0 unspecified atom stereocenters. The zero-order valence-corrected chi connectivity index (χ0v) is 12.8. The Balaban J connectivity index is 2.70. The molecule has 106 valence electrons. The van der Waals surface area contributed by atoms with E-state index < -0.39 is 10.0 Å². The molecule has 0 bridgehead atoms. The van der Waals surface area contributed by atoms with Gasteiger partial charge < -0.3 is 11.1 Å². The van der Waals surface area contributed by atoms with Crippen LogP contribution in [0.15, 0.2) is 27.6 Å². The van der Waals surface area contributed by atoms with Crippen molar-refractivity contribution in [1.29, 1.82) is 0 Å². The van der Waals surface area contributed by atoms with Gasteiger partial charge in [-0.15, -0.1) is 0 Å². The largest absolute Gasteiger partial charge is 0.398 e. The van der Waals surface area contributed by atoms with E-state index in [4.69, 9.17) is 5.73 Å². The van der Waals surface area contributed by atoms with Gasteiger partial charge in [0.15, 0.2) is 0 Å². The normalized spacial score (nSPS) is 11.3. The number of carbonyl (C=O) groups excluding carboxylic acids is 1. The van der Waals surface area contributed by atoms with E-state index in [0.29, 0.717) is 16.7 Å². The van der Waals surface area contributed by atoms with E-state index in [2.05, 4.69) is 26.0 Å². The van der Waals surface area contributed by atoms with Crippen LogP contribution in [0.4, 0.5) is 5.69 Å².